The summed E-state index contributed by atoms with van der Waals surface area (Å²) in [5.74, 6) is 7.67. The van der Waals surface area contributed by atoms with Gasteiger partial charge in [-0.25, -0.2) is 4.98 Å². The van der Waals surface area contributed by atoms with Gasteiger partial charge in [0, 0.05) is 24.0 Å². The average molecular weight is 428 g/mol. The summed E-state index contributed by atoms with van der Waals surface area (Å²) in [4.78, 5) is 4.17. The van der Waals surface area contributed by atoms with Crippen molar-refractivity contribution in [3.8, 4) is 23.0 Å². The number of nitrogens with one attached hydrogen (secondary N) is 1. The molecule has 1 atom stereocenters. The molecule has 1 aliphatic heterocycles. The first-order valence-corrected chi connectivity index (χ1v) is 11.4. The fraction of sp³-hybridized carbons (Fsp3) is 0.370. The van der Waals surface area contributed by atoms with E-state index in [0.29, 0.717) is 30.4 Å². The van der Waals surface area contributed by atoms with Gasteiger partial charge < -0.3 is 19.7 Å². The summed E-state index contributed by atoms with van der Waals surface area (Å²) in [5.41, 5.74) is 4.85. The van der Waals surface area contributed by atoms with Crippen molar-refractivity contribution < 1.29 is 9.84 Å². The topological polar surface area (TPSA) is 59.3 Å². The number of ether oxygens (including phenoxy) is 1. The predicted molar refractivity (Wildman–Crippen MR) is 125 cm³/mol. The smallest absolute Gasteiger partial charge is 0.138 e. The highest BCUT2D eigenvalue weighted by atomic mass is 16.5. The Morgan fingerprint density at radius 3 is 2.38 bits per heavy atom. The standard InChI is InChI=1S/C27H29N3O2/c1-19(31)27-28-12-14-30(27)13-2-3-20-4-6-21(7-5-20)22-8-10-23(11-9-22)24-15-25(16-24)29-26-17-32-18-26/h4-12,14,19,24-26,29,31H,13,15-18H2,1H3. The molecular weight excluding hydrogens is 398 g/mol. The molecule has 5 heteroatoms. The SMILES string of the molecule is CC(O)c1nccn1CC#Cc1ccc(-c2ccc(C3CC(NC4COC4)C3)cc2)cc1. The molecule has 1 aliphatic carbocycles. The number of aliphatic hydroxyl groups is 1. The van der Waals surface area contributed by atoms with Crippen molar-refractivity contribution in [1.82, 2.24) is 14.9 Å². The van der Waals surface area contributed by atoms with E-state index in [0.717, 1.165) is 18.8 Å². The Kier molecular flexibility index (Phi) is 6.09. The number of aliphatic hydroxyl groups excluding tert-OH is 1. The van der Waals surface area contributed by atoms with Crippen LogP contribution in [-0.4, -0.2) is 40.0 Å². The zero-order valence-corrected chi connectivity index (χ0v) is 18.4. The molecule has 2 aromatic carbocycles. The van der Waals surface area contributed by atoms with Crippen molar-refractivity contribution in [1.29, 1.82) is 0 Å². The van der Waals surface area contributed by atoms with Gasteiger partial charge >= 0.3 is 0 Å². The van der Waals surface area contributed by atoms with E-state index in [-0.39, 0.29) is 0 Å². The van der Waals surface area contributed by atoms with Gasteiger partial charge in [0.05, 0.1) is 25.8 Å². The number of imidazole rings is 1. The first-order chi connectivity index (χ1) is 15.7. The van der Waals surface area contributed by atoms with Crippen molar-refractivity contribution in [3.63, 3.8) is 0 Å². The number of rotatable bonds is 6. The van der Waals surface area contributed by atoms with E-state index in [1.807, 2.05) is 10.8 Å². The molecule has 0 spiro atoms. The van der Waals surface area contributed by atoms with Gasteiger partial charge in [-0.15, -0.1) is 0 Å². The minimum absolute atomic E-state index is 0.509. The molecular formula is C27H29N3O2. The van der Waals surface area contributed by atoms with Crippen LogP contribution in [0.4, 0.5) is 0 Å². The van der Waals surface area contributed by atoms with E-state index in [4.69, 9.17) is 4.74 Å². The van der Waals surface area contributed by atoms with Crippen LogP contribution < -0.4 is 5.32 Å². The second-order valence-corrected chi connectivity index (χ2v) is 8.86. The third-order valence-corrected chi connectivity index (χ3v) is 6.45. The zero-order valence-electron chi connectivity index (χ0n) is 18.4. The maximum atomic E-state index is 9.73. The lowest BCUT2D eigenvalue weighted by Gasteiger charge is -2.41. The van der Waals surface area contributed by atoms with Crippen molar-refractivity contribution in [2.24, 2.45) is 0 Å². The van der Waals surface area contributed by atoms with Crippen LogP contribution in [-0.2, 0) is 11.3 Å². The Balaban J connectivity index is 1.16. The molecule has 2 fully saturated rings. The van der Waals surface area contributed by atoms with E-state index in [9.17, 15) is 5.11 Å². The number of benzene rings is 2. The molecule has 5 nitrogen and oxygen atoms in total. The predicted octanol–water partition coefficient (Wildman–Crippen LogP) is 3.89. The molecule has 0 bridgehead atoms. The van der Waals surface area contributed by atoms with Crippen molar-refractivity contribution in [2.75, 3.05) is 13.2 Å². The number of aromatic nitrogens is 2. The van der Waals surface area contributed by atoms with E-state index in [2.05, 4.69) is 70.7 Å². The number of hydrogen-bond acceptors (Lipinski definition) is 4. The monoisotopic (exact) mass is 427 g/mol. The van der Waals surface area contributed by atoms with Crippen LogP contribution >= 0.6 is 0 Å². The second kappa shape index (κ2) is 9.30. The lowest BCUT2D eigenvalue weighted by atomic mass is 9.75. The normalized spacial score (nSPS) is 21.2. The van der Waals surface area contributed by atoms with E-state index in [1.54, 1.807) is 13.1 Å². The molecule has 3 aromatic rings. The molecule has 5 rings (SSSR count). The first-order valence-electron chi connectivity index (χ1n) is 11.4. The summed E-state index contributed by atoms with van der Waals surface area (Å²) in [6.07, 6.45) is 5.38. The number of hydrogen-bond donors (Lipinski definition) is 2. The van der Waals surface area contributed by atoms with Gasteiger partial charge in [0.1, 0.15) is 11.9 Å². The molecule has 2 aliphatic rings. The quantitative estimate of drug-likeness (QED) is 0.586. The van der Waals surface area contributed by atoms with E-state index < -0.39 is 6.10 Å². The maximum Gasteiger partial charge on any atom is 0.138 e. The van der Waals surface area contributed by atoms with Crippen LogP contribution in [0.1, 0.15) is 48.7 Å². The van der Waals surface area contributed by atoms with Gasteiger partial charge in [0.25, 0.3) is 0 Å². The lowest BCUT2D eigenvalue weighted by molar-refractivity contribution is -0.0157. The lowest BCUT2D eigenvalue weighted by Crippen LogP contribution is -2.53. The summed E-state index contributed by atoms with van der Waals surface area (Å²) in [6, 6.07) is 18.6. The Morgan fingerprint density at radius 2 is 1.75 bits per heavy atom. The van der Waals surface area contributed by atoms with Crippen LogP contribution in [0.25, 0.3) is 11.1 Å². The van der Waals surface area contributed by atoms with Crippen LogP contribution in [0.5, 0.6) is 0 Å². The third kappa shape index (κ3) is 4.63. The van der Waals surface area contributed by atoms with Crippen LogP contribution in [0.15, 0.2) is 60.9 Å². The molecule has 32 heavy (non-hydrogen) atoms. The minimum atomic E-state index is -0.595. The number of nitrogens with zero attached hydrogens (tertiary/aromatic N) is 2. The Labute approximate surface area is 189 Å². The highest BCUT2D eigenvalue weighted by molar-refractivity contribution is 5.64. The van der Waals surface area contributed by atoms with Gasteiger partial charge in [-0.05, 0) is 54.5 Å². The first kappa shape index (κ1) is 21.0. The molecule has 0 radical (unpaired) electrons. The van der Waals surface area contributed by atoms with E-state index in [1.165, 1.54) is 29.5 Å². The van der Waals surface area contributed by atoms with Gasteiger partial charge in [-0.3, -0.25) is 0 Å². The van der Waals surface area contributed by atoms with Crippen LogP contribution in [0.2, 0.25) is 0 Å². The summed E-state index contributed by atoms with van der Waals surface area (Å²) in [6.45, 7) is 3.96. The summed E-state index contributed by atoms with van der Waals surface area (Å²) in [7, 11) is 0. The Bertz CT molecular complexity index is 1100. The molecule has 2 heterocycles. The van der Waals surface area contributed by atoms with Gasteiger partial charge in [0.15, 0.2) is 0 Å². The zero-order chi connectivity index (χ0) is 21.9. The third-order valence-electron chi connectivity index (χ3n) is 6.45. The van der Waals surface area contributed by atoms with Gasteiger partial charge in [-0.2, -0.15) is 0 Å². The average Bonchev–Trinajstić information content (AvgIpc) is 3.21. The highest BCUT2D eigenvalue weighted by Gasteiger charge is 2.33. The minimum Gasteiger partial charge on any atom is -0.385 e. The fourth-order valence-electron chi connectivity index (χ4n) is 4.43. The second-order valence-electron chi connectivity index (χ2n) is 8.86. The Hall–Kier alpha value is -2.91. The van der Waals surface area contributed by atoms with Crippen molar-refractivity contribution >= 4 is 0 Å². The van der Waals surface area contributed by atoms with Gasteiger partial charge in [-0.1, -0.05) is 48.2 Å². The fourth-order valence-corrected chi connectivity index (χ4v) is 4.43. The van der Waals surface area contributed by atoms with E-state index >= 15 is 0 Å². The molecule has 164 valence electrons. The van der Waals surface area contributed by atoms with Crippen LogP contribution in [0, 0.1) is 11.8 Å². The summed E-state index contributed by atoms with van der Waals surface area (Å²) < 4.78 is 7.11. The Morgan fingerprint density at radius 1 is 1.06 bits per heavy atom. The summed E-state index contributed by atoms with van der Waals surface area (Å²) >= 11 is 0. The molecule has 2 N–H and O–H groups in total. The molecule has 1 saturated heterocycles. The molecule has 1 saturated carbocycles. The largest absolute Gasteiger partial charge is 0.385 e. The highest BCUT2D eigenvalue weighted by Crippen LogP contribution is 2.38. The maximum absolute atomic E-state index is 9.73. The van der Waals surface area contributed by atoms with Crippen LogP contribution in [0.3, 0.4) is 0 Å². The summed E-state index contributed by atoms with van der Waals surface area (Å²) in [5, 5.41) is 13.4. The molecule has 0 amide bonds. The molecule has 1 aromatic heterocycles. The molecule has 1 unspecified atom stereocenters. The van der Waals surface area contributed by atoms with Crippen molar-refractivity contribution in [2.45, 2.75) is 50.4 Å². The van der Waals surface area contributed by atoms with Gasteiger partial charge in [0.2, 0.25) is 0 Å². The van der Waals surface area contributed by atoms with Crippen molar-refractivity contribution in [3.05, 3.63) is 77.9 Å².